The molecule has 0 saturated carbocycles. The SMILES string of the molecule is O=C(CCNC(=O)c1ccccc1Cl)Nc1ccccc1-c1nc2ccccc2[nH]1. The van der Waals surface area contributed by atoms with Gasteiger partial charge in [0.25, 0.3) is 5.91 Å². The van der Waals surface area contributed by atoms with Gasteiger partial charge in [-0.25, -0.2) is 4.98 Å². The zero-order valence-corrected chi connectivity index (χ0v) is 16.7. The number of benzene rings is 3. The first kappa shape index (κ1) is 19.7. The Morgan fingerprint density at radius 3 is 2.50 bits per heavy atom. The van der Waals surface area contributed by atoms with Crippen LogP contribution in [0.25, 0.3) is 22.4 Å². The minimum Gasteiger partial charge on any atom is -0.351 e. The molecule has 150 valence electrons. The highest BCUT2D eigenvalue weighted by molar-refractivity contribution is 6.33. The number of nitrogens with zero attached hydrogens (tertiary/aromatic N) is 1. The topological polar surface area (TPSA) is 86.9 Å². The number of hydrogen-bond acceptors (Lipinski definition) is 3. The molecule has 0 aliphatic carbocycles. The van der Waals surface area contributed by atoms with Crippen LogP contribution in [0.15, 0.2) is 72.8 Å². The lowest BCUT2D eigenvalue weighted by molar-refractivity contribution is -0.116. The number of fused-ring (bicyclic) bond motifs is 1. The number of rotatable bonds is 6. The summed E-state index contributed by atoms with van der Waals surface area (Å²) in [5.74, 6) is 0.160. The van der Waals surface area contributed by atoms with Crippen molar-refractivity contribution in [3.8, 4) is 11.4 Å². The largest absolute Gasteiger partial charge is 0.351 e. The van der Waals surface area contributed by atoms with Crippen LogP contribution in [-0.2, 0) is 4.79 Å². The van der Waals surface area contributed by atoms with E-state index in [1.165, 1.54) is 0 Å². The van der Waals surface area contributed by atoms with Crippen molar-refractivity contribution in [1.29, 1.82) is 0 Å². The van der Waals surface area contributed by atoms with Gasteiger partial charge in [-0.05, 0) is 36.4 Å². The van der Waals surface area contributed by atoms with Gasteiger partial charge in [-0.15, -0.1) is 0 Å². The molecule has 0 atom stereocenters. The van der Waals surface area contributed by atoms with Gasteiger partial charge in [0.05, 0.1) is 27.3 Å². The number of carbonyl (C=O) groups excluding carboxylic acids is 2. The summed E-state index contributed by atoms with van der Waals surface area (Å²) in [6.07, 6.45) is 0.130. The molecule has 2 amide bonds. The molecule has 0 aliphatic heterocycles. The second kappa shape index (κ2) is 8.80. The van der Waals surface area contributed by atoms with Crippen LogP contribution in [0.4, 0.5) is 5.69 Å². The molecule has 30 heavy (non-hydrogen) atoms. The smallest absolute Gasteiger partial charge is 0.252 e. The number of halogens is 1. The maximum Gasteiger partial charge on any atom is 0.252 e. The fourth-order valence-corrected chi connectivity index (χ4v) is 3.34. The predicted octanol–water partition coefficient (Wildman–Crippen LogP) is 4.64. The zero-order valence-electron chi connectivity index (χ0n) is 16.0. The molecular formula is C23H19ClN4O2. The van der Waals surface area contributed by atoms with Crippen LogP contribution >= 0.6 is 11.6 Å². The van der Waals surface area contributed by atoms with Crippen molar-refractivity contribution in [3.63, 3.8) is 0 Å². The van der Waals surface area contributed by atoms with E-state index in [9.17, 15) is 9.59 Å². The van der Waals surface area contributed by atoms with E-state index in [-0.39, 0.29) is 24.8 Å². The van der Waals surface area contributed by atoms with E-state index in [0.29, 0.717) is 22.1 Å². The molecule has 7 heteroatoms. The molecule has 0 unspecified atom stereocenters. The Morgan fingerprint density at radius 1 is 0.933 bits per heavy atom. The Bertz CT molecular complexity index is 1190. The molecule has 0 bridgehead atoms. The Morgan fingerprint density at radius 2 is 1.67 bits per heavy atom. The van der Waals surface area contributed by atoms with E-state index < -0.39 is 0 Å². The number of carbonyl (C=O) groups is 2. The average Bonchev–Trinajstić information content (AvgIpc) is 3.18. The van der Waals surface area contributed by atoms with Crippen LogP contribution in [0.3, 0.4) is 0 Å². The normalized spacial score (nSPS) is 10.7. The molecule has 1 aromatic heterocycles. The third kappa shape index (κ3) is 4.34. The molecule has 3 aromatic carbocycles. The van der Waals surface area contributed by atoms with Gasteiger partial charge in [0, 0.05) is 18.5 Å². The highest BCUT2D eigenvalue weighted by Gasteiger charge is 2.13. The van der Waals surface area contributed by atoms with Crippen molar-refractivity contribution < 1.29 is 9.59 Å². The Kier molecular flexibility index (Phi) is 5.77. The van der Waals surface area contributed by atoms with Crippen molar-refractivity contribution in [1.82, 2.24) is 15.3 Å². The summed E-state index contributed by atoms with van der Waals surface area (Å²) in [4.78, 5) is 32.5. The third-order valence-corrected chi connectivity index (χ3v) is 4.93. The monoisotopic (exact) mass is 418 g/mol. The maximum atomic E-state index is 12.4. The van der Waals surface area contributed by atoms with Crippen molar-refractivity contribution in [2.75, 3.05) is 11.9 Å². The second-order valence-electron chi connectivity index (χ2n) is 6.68. The summed E-state index contributed by atoms with van der Waals surface area (Å²) in [5, 5.41) is 5.99. The van der Waals surface area contributed by atoms with E-state index in [4.69, 9.17) is 11.6 Å². The molecule has 4 aromatic rings. The molecule has 1 heterocycles. The number of H-pyrrole nitrogens is 1. The molecule has 0 radical (unpaired) electrons. The number of nitrogens with one attached hydrogen (secondary N) is 3. The average molecular weight is 419 g/mol. The van der Waals surface area contributed by atoms with E-state index in [0.717, 1.165) is 16.6 Å². The quantitative estimate of drug-likeness (QED) is 0.426. The van der Waals surface area contributed by atoms with Gasteiger partial charge in [0.1, 0.15) is 5.82 Å². The lowest BCUT2D eigenvalue weighted by atomic mass is 10.1. The molecule has 0 fully saturated rings. The van der Waals surface area contributed by atoms with Gasteiger partial charge in [0.15, 0.2) is 0 Å². The van der Waals surface area contributed by atoms with Gasteiger partial charge >= 0.3 is 0 Å². The summed E-state index contributed by atoms with van der Waals surface area (Å²) in [6, 6.07) is 22.0. The van der Waals surface area contributed by atoms with Crippen LogP contribution in [0.1, 0.15) is 16.8 Å². The van der Waals surface area contributed by atoms with E-state index in [2.05, 4.69) is 20.6 Å². The van der Waals surface area contributed by atoms with Crippen molar-refractivity contribution in [3.05, 3.63) is 83.4 Å². The number of amides is 2. The third-order valence-electron chi connectivity index (χ3n) is 4.60. The van der Waals surface area contributed by atoms with Crippen molar-refractivity contribution >= 4 is 40.1 Å². The fourth-order valence-electron chi connectivity index (χ4n) is 3.12. The molecule has 6 nitrogen and oxygen atoms in total. The molecule has 0 aliphatic rings. The Labute approximate surface area is 178 Å². The van der Waals surface area contributed by atoms with Crippen LogP contribution < -0.4 is 10.6 Å². The zero-order chi connectivity index (χ0) is 20.9. The summed E-state index contributed by atoms with van der Waals surface area (Å²) < 4.78 is 0. The molecule has 4 rings (SSSR count). The number of aromatic nitrogens is 2. The molecule has 3 N–H and O–H groups in total. The summed E-state index contributed by atoms with van der Waals surface area (Å²) >= 11 is 6.02. The van der Waals surface area contributed by atoms with Gasteiger partial charge in [0.2, 0.25) is 5.91 Å². The number of hydrogen-bond donors (Lipinski definition) is 3. The van der Waals surface area contributed by atoms with Crippen LogP contribution in [0, 0.1) is 0 Å². The Hall–Kier alpha value is -3.64. The summed E-state index contributed by atoms with van der Waals surface area (Å²) in [5.41, 5.74) is 3.61. The van der Waals surface area contributed by atoms with Crippen LogP contribution in [0.5, 0.6) is 0 Å². The number of aromatic amines is 1. The lowest BCUT2D eigenvalue weighted by Gasteiger charge is -2.10. The van der Waals surface area contributed by atoms with Crippen LogP contribution in [-0.4, -0.2) is 28.3 Å². The minimum atomic E-state index is -0.309. The maximum absolute atomic E-state index is 12.4. The van der Waals surface area contributed by atoms with Crippen LogP contribution in [0.2, 0.25) is 5.02 Å². The van der Waals surface area contributed by atoms with Gasteiger partial charge in [-0.3, -0.25) is 9.59 Å². The standard InChI is InChI=1S/C23H19ClN4O2/c24-17-9-3-1-7-15(17)23(30)25-14-13-21(29)26-18-10-4-2-8-16(18)22-27-19-11-5-6-12-20(19)28-22/h1-12H,13-14H2,(H,25,30)(H,26,29)(H,27,28). The van der Waals surface area contributed by atoms with E-state index in [1.807, 2.05) is 48.5 Å². The fraction of sp³-hybridized carbons (Fsp3) is 0.0870. The van der Waals surface area contributed by atoms with E-state index >= 15 is 0 Å². The highest BCUT2D eigenvalue weighted by Crippen LogP contribution is 2.27. The highest BCUT2D eigenvalue weighted by atomic mass is 35.5. The first-order valence-corrected chi connectivity index (χ1v) is 9.86. The molecule has 0 saturated heterocycles. The van der Waals surface area contributed by atoms with Gasteiger partial charge < -0.3 is 15.6 Å². The second-order valence-corrected chi connectivity index (χ2v) is 7.09. The Balaban J connectivity index is 1.40. The van der Waals surface area contributed by atoms with Crippen molar-refractivity contribution in [2.24, 2.45) is 0 Å². The van der Waals surface area contributed by atoms with Gasteiger partial charge in [-0.1, -0.05) is 48.0 Å². The van der Waals surface area contributed by atoms with Gasteiger partial charge in [-0.2, -0.15) is 0 Å². The number of imidazole rings is 1. The molecule has 0 spiro atoms. The summed E-state index contributed by atoms with van der Waals surface area (Å²) in [6.45, 7) is 0.197. The lowest BCUT2D eigenvalue weighted by Crippen LogP contribution is -2.27. The predicted molar refractivity (Wildman–Crippen MR) is 119 cm³/mol. The number of para-hydroxylation sites is 3. The number of anilines is 1. The van der Waals surface area contributed by atoms with E-state index in [1.54, 1.807) is 24.3 Å². The first-order valence-electron chi connectivity index (χ1n) is 9.48. The minimum absolute atomic E-state index is 0.130. The first-order chi connectivity index (χ1) is 14.6. The van der Waals surface area contributed by atoms with Crippen molar-refractivity contribution in [2.45, 2.75) is 6.42 Å². The summed E-state index contributed by atoms with van der Waals surface area (Å²) in [7, 11) is 0. The molecular weight excluding hydrogens is 400 g/mol.